The molecular weight excluding hydrogens is 559 g/mol. The molecule has 7 nitrogen and oxygen atoms in total. The zero-order chi connectivity index (χ0) is 27.8. The molecule has 1 N–H and O–H groups in total. The van der Waals surface area contributed by atoms with Gasteiger partial charge in [-0.05, 0) is 87.5 Å². The number of anilines is 1. The van der Waals surface area contributed by atoms with Crippen LogP contribution in [0.4, 0.5) is 9.52 Å². The van der Waals surface area contributed by atoms with Gasteiger partial charge in [0.1, 0.15) is 5.82 Å². The summed E-state index contributed by atoms with van der Waals surface area (Å²) in [5.41, 5.74) is 0.346. The van der Waals surface area contributed by atoms with E-state index >= 15 is 0 Å². The number of thiazole rings is 1. The van der Waals surface area contributed by atoms with E-state index in [0.717, 1.165) is 42.8 Å². The highest BCUT2D eigenvalue weighted by atomic mass is 35.5. The summed E-state index contributed by atoms with van der Waals surface area (Å²) in [6.07, 6.45) is 4.78. The van der Waals surface area contributed by atoms with Gasteiger partial charge >= 0.3 is 0 Å². The van der Waals surface area contributed by atoms with Crippen molar-refractivity contribution in [2.45, 2.75) is 50.0 Å². The number of rotatable bonds is 7. The van der Waals surface area contributed by atoms with Crippen LogP contribution in [0.25, 0.3) is 0 Å². The Bertz CT molecular complexity index is 1450. The molecule has 2 aliphatic heterocycles. The molecule has 0 radical (unpaired) electrons. The Kier molecular flexibility index (Phi) is 7.87. The van der Waals surface area contributed by atoms with Crippen LogP contribution in [-0.4, -0.2) is 60.2 Å². The largest absolute Gasteiger partial charge is 0.301 e. The lowest BCUT2D eigenvalue weighted by Crippen LogP contribution is -2.45. The van der Waals surface area contributed by atoms with Crippen LogP contribution < -0.4 is 5.32 Å². The molecule has 0 atom stereocenters. The maximum Gasteiger partial charge on any atom is 0.243 e. The number of nitrogens with zero attached hydrogens (tertiary/aromatic N) is 3. The highest BCUT2D eigenvalue weighted by molar-refractivity contribution is 7.89. The SMILES string of the molecule is CC1(C)CC2(CCN(CC(=O)Nc3ncc(Cc4ccc(F)cc4)s3)CC2)CN1S(=O)(=O)c1cccc(Cl)c1. The molecule has 2 fully saturated rings. The molecule has 1 aromatic heterocycles. The Labute approximate surface area is 238 Å². The number of carbonyl (C=O) groups excluding carboxylic acids is 1. The molecule has 11 heteroatoms. The maximum absolute atomic E-state index is 13.5. The van der Waals surface area contributed by atoms with Gasteiger partial charge in [-0.1, -0.05) is 29.8 Å². The number of hydrogen-bond donors (Lipinski definition) is 1. The molecule has 0 unspecified atom stereocenters. The van der Waals surface area contributed by atoms with Gasteiger partial charge in [0.15, 0.2) is 5.13 Å². The van der Waals surface area contributed by atoms with Crippen molar-refractivity contribution in [1.82, 2.24) is 14.2 Å². The van der Waals surface area contributed by atoms with Crippen LogP contribution in [0.5, 0.6) is 0 Å². The quantitative estimate of drug-likeness (QED) is 0.397. The van der Waals surface area contributed by atoms with Crippen molar-refractivity contribution in [2.24, 2.45) is 5.41 Å². The molecule has 2 aliphatic rings. The van der Waals surface area contributed by atoms with E-state index in [1.54, 1.807) is 40.8 Å². The maximum atomic E-state index is 13.5. The van der Waals surface area contributed by atoms with Crippen LogP contribution in [0.15, 0.2) is 59.6 Å². The first-order valence-electron chi connectivity index (χ1n) is 12.9. The number of nitrogens with one attached hydrogen (secondary N) is 1. The van der Waals surface area contributed by atoms with Gasteiger partial charge in [-0.25, -0.2) is 17.8 Å². The van der Waals surface area contributed by atoms with Crippen LogP contribution in [-0.2, 0) is 21.2 Å². The molecule has 5 rings (SSSR count). The molecule has 208 valence electrons. The Morgan fingerprint density at radius 3 is 2.56 bits per heavy atom. The lowest BCUT2D eigenvalue weighted by molar-refractivity contribution is -0.117. The Morgan fingerprint density at radius 1 is 1.15 bits per heavy atom. The molecule has 0 bridgehead atoms. The summed E-state index contributed by atoms with van der Waals surface area (Å²) in [6, 6.07) is 12.8. The lowest BCUT2D eigenvalue weighted by atomic mass is 9.74. The molecule has 3 heterocycles. The summed E-state index contributed by atoms with van der Waals surface area (Å²) in [5, 5.41) is 3.84. The molecule has 0 saturated carbocycles. The van der Waals surface area contributed by atoms with E-state index in [0.29, 0.717) is 23.1 Å². The average molecular weight is 591 g/mol. The smallest absolute Gasteiger partial charge is 0.243 e. The Hall–Kier alpha value is -2.37. The van der Waals surface area contributed by atoms with Crippen molar-refractivity contribution in [3.8, 4) is 0 Å². The van der Waals surface area contributed by atoms with Crippen molar-refractivity contribution in [3.63, 3.8) is 0 Å². The van der Waals surface area contributed by atoms with Crippen molar-refractivity contribution >= 4 is 44.0 Å². The normalized spacial score (nSPS) is 19.4. The van der Waals surface area contributed by atoms with Crippen LogP contribution in [0.2, 0.25) is 5.02 Å². The monoisotopic (exact) mass is 590 g/mol. The molecule has 1 amide bonds. The summed E-state index contributed by atoms with van der Waals surface area (Å²) < 4.78 is 41.8. The molecule has 2 aromatic carbocycles. The highest BCUT2D eigenvalue weighted by Gasteiger charge is 2.53. The van der Waals surface area contributed by atoms with Gasteiger partial charge in [0, 0.05) is 34.6 Å². The average Bonchev–Trinajstić information content (AvgIpc) is 3.42. The van der Waals surface area contributed by atoms with Gasteiger partial charge in [-0.3, -0.25) is 9.69 Å². The zero-order valence-corrected chi connectivity index (χ0v) is 24.4. The van der Waals surface area contributed by atoms with Crippen LogP contribution in [0, 0.1) is 11.2 Å². The summed E-state index contributed by atoms with van der Waals surface area (Å²) in [7, 11) is -3.68. The lowest BCUT2D eigenvalue weighted by Gasteiger charge is -2.39. The van der Waals surface area contributed by atoms with Gasteiger partial charge in [-0.15, -0.1) is 11.3 Å². The predicted molar refractivity (Wildman–Crippen MR) is 152 cm³/mol. The van der Waals surface area contributed by atoms with Gasteiger partial charge in [0.2, 0.25) is 15.9 Å². The van der Waals surface area contributed by atoms with E-state index in [2.05, 4.69) is 15.2 Å². The molecule has 1 spiro atoms. The highest BCUT2D eigenvalue weighted by Crippen LogP contribution is 2.49. The van der Waals surface area contributed by atoms with Gasteiger partial charge in [0.05, 0.1) is 11.4 Å². The summed E-state index contributed by atoms with van der Waals surface area (Å²) in [4.78, 5) is 20.4. The van der Waals surface area contributed by atoms with Crippen LogP contribution >= 0.6 is 22.9 Å². The third-order valence-corrected chi connectivity index (χ3v) is 10.9. The first-order chi connectivity index (χ1) is 18.4. The minimum absolute atomic E-state index is 0.118. The zero-order valence-electron chi connectivity index (χ0n) is 22.0. The minimum Gasteiger partial charge on any atom is -0.301 e. The number of aromatic nitrogens is 1. The van der Waals surface area contributed by atoms with Gasteiger partial charge < -0.3 is 5.32 Å². The fourth-order valence-corrected chi connectivity index (χ4v) is 8.94. The van der Waals surface area contributed by atoms with E-state index in [-0.39, 0.29) is 28.6 Å². The fraction of sp³-hybridized carbons (Fsp3) is 0.429. The third kappa shape index (κ3) is 6.36. The Morgan fingerprint density at radius 2 is 1.87 bits per heavy atom. The van der Waals surface area contributed by atoms with Gasteiger partial charge in [0.25, 0.3) is 0 Å². The topological polar surface area (TPSA) is 82.6 Å². The van der Waals surface area contributed by atoms with Crippen LogP contribution in [0.3, 0.4) is 0 Å². The van der Waals surface area contributed by atoms with E-state index in [4.69, 9.17) is 11.6 Å². The molecule has 2 saturated heterocycles. The fourth-order valence-electron chi connectivity index (χ4n) is 5.88. The molecular formula is C28H32ClFN4O3S2. The van der Waals surface area contributed by atoms with Crippen molar-refractivity contribution < 1.29 is 17.6 Å². The summed E-state index contributed by atoms with van der Waals surface area (Å²) in [5.74, 6) is -0.387. The number of halogens is 2. The first kappa shape index (κ1) is 28.2. The molecule has 3 aromatic rings. The number of piperidine rings is 1. The standard InChI is InChI=1S/C28H32ClFN4O3S2/c1-27(2)18-28(19-34(27)39(36,37)24-5-3-4-21(29)15-24)10-12-33(13-11-28)17-25(35)32-26-31-16-23(38-26)14-20-6-8-22(30)9-7-20/h3-9,15-16H,10-14,17-19H2,1-2H3,(H,31,32,35). The number of likely N-dealkylation sites (tertiary alicyclic amines) is 1. The number of benzene rings is 2. The van der Waals surface area contributed by atoms with E-state index in [1.807, 2.05) is 13.8 Å². The number of carbonyl (C=O) groups is 1. The molecule has 0 aliphatic carbocycles. The van der Waals surface area contributed by atoms with Gasteiger partial charge in [-0.2, -0.15) is 4.31 Å². The predicted octanol–water partition coefficient (Wildman–Crippen LogP) is 5.42. The van der Waals surface area contributed by atoms with Crippen molar-refractivity contribution in [1.29, 1.82) is 0 Å². The minimum atomic E-state index is -3.68. The number of hydrogen-bond acceptors (Lipinski definition) is 6. The molecule has 39 heavy (non-hydrogen) atoms. The number of sulfonamides is 1. The second kappa shape index (κ2) is 10.9. The first-order valence-corrected chi connectivity index (χ1v) is 15.6. The van der Waals surface area contributed by atoms with E-state index in [9.17, 15) is 17.6 Å². The van der Waals surface area contributed by atoms with E-state index in [1.165, 1.54) is 29.5 Å². The summed E-state index contributed by atoms with van der Waals surface area (Å²) in [6.45, 7) is 6.15. The number of amides is 1. The van der Waals surface area contributed by atoms with Crippen molar-refractivity contribution in [3.05, 3.63) is 76.0 Å². The van der Waals surface area contributed by atoms with E-state index < -0.39 is 15.6 Å². The Balaban J connectivity index is 1.15. The third-order valence-electron chi connectivity index (χ3n) is 7.72. The van der Waals surface area contributed by atoms with Crippen LogP contribution in [0.1, 0.15) is 43.6 Å². The second-order valence-electron chi connectivity index (χ2n) is 11.2. The second-order valence-corrected chi connectivity index (χ2v) is 14.6. The van der Waals surface area contributed by atoms with Crippen molar-refractivity contribution in [2.75, 3.05) is 31.5 Å². The summed E-state index contributed by atoms with van der Waals surface area (Å²) >= 11 is 7.50.